The lowest BCUT2D eigenvalue weighted by Gasteiger charge is -2.27. The standard InChI is InChI=1S/C15H21NO/c1-3-15(17)13-4-6-14(7-5-13)16-10-8-12(2)9-11-16/h4-8,15,17H,3,9-11H2,1-2H3. The van der Waals surface area contributed by atoms with Crippen LogP contribution in [0.2, 0.25) is 0 Å². The average molecular weight is 231 g/mol. The van der Waals surface area contributed by atoms with Crippen LogP contribution in [0.1, 0.15) is 38.4 Å². The molecule has 2 heteroatoms. The summed E-state index contributed by atoms with van der Waals surface area (Å²) >= 11 is 0. The van der Waals surface area contributed by atoms with Crippen LogP contribution in [0.15, 0.2) is 35.9 Å². The van der Waals surface area contributed by atoms with Gasteiger partial charge in [-0.1, -0.05) is 30.7 Å². The van der Waals surface area contributed by atoms with Crippen LogP contribution in [-0.2, 0) is 0 Å². The summed E-state index contributed by atoms with van der Waals surface area (Å²) in [6, 6.07) is 8.30. The minimum Gasteiger partial charge on any atom is -0.388 e. The highest BCUT2D eigenvalue weighted by Gasteiger charge is 2.11. The maximum Gasteiger partial charge on any atom is 0.0787 e. The van der Waals surface area contributed by atoms with E-state index in [1.807, 2.05) is 19.1 Å². The Morgan fingerprint density at radius 2 is 2.00 bits per heavy atom. The van der Waals surface area contributed by atoms with Crippen molar-refractivity contribution >= 4 is 5.69 Å². The number of rotatable bonds is 3. The molecule has 2 rings (SSSR count). The second-order valence-corrected chi connectivity index (χ2v) is 4.76. The Morgan fingerprint density at radius 3 is 2.53 bits per heavy atom. The van der Waals surface area contributed by atoms with Crippen molar-refractivity contribution in [3.05, 3.63) is 41.5 Å². The van der Waals surface area contributed by atoms with Gasteiger partial charge in [-0.25, -0.2) is 0 Å². The van der Waals surface area contributed by atoms with E-state index < -0.39 is 0 Å². The maximum absolute atomic E-state index is 9.74. The van der Waals surface area contributed by atoms with E-state index in [-0.39, 0.29) is 6.10 Å². The Labute approximate surface area is 104 Å². The zero-order valence-electron chi connectivity index (χ0n) is 10.7. The van der Waals surface area contributed by atoms with Crippen molar-refractivity contribution < 1.29 is 5.11 Å². The van der Waals surface area contributed by atoms with E-state index in [0.717, 1.165) is 31.5 Å². The average Bonchev–Trinajstić information content (AvgIpc) is 2.39. The minimum absolute atomic E-state index is 0.326. The molecular formula is C15H21NO. The summed E-state index contributed by atoms with van der Waals surface area (Å²) in [5.74, 6) is 0. The summed E-state index contributed by atoms with van der Waals surface area (Å²) < 4.78 is 0. The number of aliphatic hydroxyl groups is 1. The molecule has 1 atom stereocenters. The molecule has 0 saturated heterocycles. The normalized spacial score (nSPS) is 17.8. The first-order chi connectivity index (χ1) is 8.20. The van der Waals surface area contributed by atoms with Gasteiger partial charge in [-0.3, -0.25) is 0 Å². The van der Waals surface area contributed by atoms with E-state index in [1.165, 1.54) is 11.3 Å². The number of anilines is 1. The van der Waals surface area contributed by atoms with Crippen LogP contribution in [0.4, 0.5) is 5.69 Å². The largest absolute Gasteiger partial charge is 0.388 e. The Bertz CT molecular complexity index is 394. The van der Waals surface area contributed by atoms with Crippen LogP contribution in [0, 0.1) is 0 Å². The first-order valence-electron chi connectivity index (χ1n) is 6.39. The third-order valence-electron chi connectivity index (χ3n) is 3.47. The second-order valence-electron chi connectivity index (χ2n) is 4.76. The number of hydrogen-bond donors (Lipinski definition) is 1. The molecule has 0 fully saturated rings. The SMILES string of the molecule is CCC(O)c1ccc(N2CC=C(C)CC2)cc1. The van der Waals surface area contributed by atoms with Gasteiger partial charge < -0.3 is 10.0 Å². The summed E-state index contributed by atoms with van der Waals surface area (Å²) in [5, 5.41) is 9.74. The van der Waals surface area contributed by atoms with Crippen molar-refractivity contribution in [3.63, 3.8) is 0 Å². The van der Waals surface area contributed by atoms with Gasteiger partial charge in [-0.2, -0.15) is 0 Å². The second kappa shape index (κ2) is 5.37. The summed E-state index contributed by atoms with van der Waals surface area (Å²) in [5.41, 5.74) is 3.75. The molecule has 0 aliphatic carbocycles. The molecule has 1 aliphatic heterocycles. The van der Waals surface area contributed by atoms with E-state index in [0.29, 0.717) is 0 Å². The molecule has 1 heterocycles. The predicted octanol–water partition coefficient (Wildman–Crippen LogP) is 3.29. The fourth-order valence-corrected chi connectivity index (χ4v) is 2.15. The van der Waals surface area contributed by atoms with Gasteiger partial charge in [0.05, 0.1) is 6.10 Å². The van der Waals surface area contributed by atoms with E-state index in [9.17, 15) is 5.11 Å². The lowest BCUT2D eigenvalue weighted by Crippen LogP contribution is -2.27. The molecule has 0 spiro atoms. The van der Waals surface area contributed by atoms with Crippen LogP contribution in [0.3, 0.4) is 0 Å². The molecule has 0 bridgehead atoms. The summed E-state index contributed by atoms with van der Waals surface area (Å²) in [6.07, 6.45) is 3.88. The maximum atomic E-state index is 9.74. The van der Waals surface area contributed by atoms with Crippen LogP contribution < -0.4 is 4.90 Å². The molecule has 92 valence electrons. The molecule has 1 aromatic rings. The molecule has 0 amide bonds. The first kappa shape index (κ1) is 12.2. The molecule has 1 N–H and O–H groups in total. The summed E-state index contributed by atoms with van der Waals surface area (Å²) in [7, 11) is 0. The molecule has 1 aromatic carbocycles. The Balaban J connectivity index is 2.08. The zero-order chi connectivity index (χ0) is 12.3. The van der Waals surface area contributed by atoms with Gasteiger partial charge in [0.2, 0.25) is 0 Å². The smallest absolute Gasteiger partial charge is 0.0787 e. The molecule has 17 heavy (non-hydrogen) atoms. The number of hydrogen-bond acceptors (Lipinski definition) is 2. The topological polar surface area (TPSA) is 23.5 Å². The van der Waals surface area contributed by atoms with Gasteiger partial charge in [0.25, 0.3) is 0 Å². The quantitative estimate of drug-likeness (QED) is 0.807. The lowest BCUT2D eigenvalue weighted by atomic mass is 10.1. The molecule has 0 saturated carbocycles. The fourth-order valence-electron chi connectivity index (χ4n) is 2.15. The highest BCUT2D eigenvalue weighted by molar-refractivity contribution is 5.49. The Kier molecular flexibility index (Phi) is 3.85. The van der Waals surface area contributed by atoms with Gasteiger partial charge >= 0.3 is 0 Å². The predicted molar refractivity (Wildman–Crippen MR) is 72.3 cm³/mol. The van der Waals surface area contributed by atoms with Gasteiger partial charge in [0.1, 0.15) is 0 Å². The van der Waals surface area contributed by atoms with Gasteiger partial charge in [-0.05, 0) is 37.5 Å². The van der Waals surface area contributed by atoms with Crippen LogP contribution in [-0.4, -0.2) is 18.2 Å². The van der Waals surface area contributed by atoms with Crippen LogP contribution in [0.5, 0.6) is 0 Å². The van der Waals surface area contributed by atoms with Crippen molar-refractivity contribution in [1.82, 2.24) is 0 Å². The van der Waals surface area contributed by atoms with Crippen LogP contribution >= 0.6 is 0 Å². The molecule has 1 aliphatic rings. The van der Waals surface area contributed by atoms with Crippen molar-refractivity contribution in [2.75, 3.05) is 18.0 Å². The highest BCUT2D eigenvalue weighted by Crippen LogP contribution is 2.23. The highest BCUT2D eigenvalue weighted by atomic mass is 16.3. The number of benzene rings is 1. The van der Waals surface area contributed by atoms with E-state index in [4.69, 9.17) is 0 Å². The third kappa shape index (κ3) is 2.89. The molecular weight excluding hydrogens is 210 g/mol. The number of aliphatic hydroxyl groups excluding tert-OH is 1. The van der Waals surface area contributed by atoms with Crippen molar-refractivity contribution in [1.29, 1.82) is 0 Å². The monoisotopic (exact) mass is 231 g/mol. The first-order valence-corrected chi connectivity index (χ1v) is 6.39. The fraction of sp³-hybridized carbons (Fsp3) is 0.467. The molecule has 0 aromatic heterocycles. The summed E-state index contributed by atoms with van der Waals surface area (Å²) in [4.78, 5) is 2.37. The third-order valence-corrected chi connectivity index (χ3v) is 3.47. The molecule has 0 radical (unpaired) electrons. The van der Waals surface area contributed by atoms with Crippen molar-refractivity contribution in [3.8, 4) is 0 Å². The van der Waals surface area contributed by atoms with E-state index in [2.05, 4.69) is 30.0 Å². The zero-order valence-corrected chi connectivity index (χ0v) is 10.7. The molecule has 2 nitrogen and oxygen atoms in total. The van der Waals surface area contributed by atoms with E-state index in [1.54, 1.807) is 0 Å². The molecule has 1 unspecified atom stereocenters. The summed E-state index contributed by atoms with van der Waals surface area (Å²) in [6.45, 7) is 6.29. The minimum atomic E-state index is -0.326. The lowest BCUT2D eigenvalue weighted by molar-refractivity contribution is 0.173. The van der Waals surface area contributed by atoms with Crippen molar-refractivity contribution in [2.45, 2.75) is 32.8 Å². The van der Waals surface area contributed by atoms with Crippen LogP contribution in [0.25, 0.3) is 0 Å². The number of nitrogens with zero attached hydrogens (tertiary/aromatic N) is 1. The Hall–Kier alpha value is -1.28. The van der Waals surface area contributed by atoms with Gasteiger partial charge in [0, 0.05) is 18.8 Å². The Morgan fingerprint density at radius 1 is 1.29 bits per heavy atom. The van der Waals surface area contributed by atoms with Gasteiger partial charge in [-0.15, -0.1) is 0 Å². The van der Waals surface area contributed by atoms with Gasteiger partial charge in [0.15, 0.2) is 0 Å². The van der Waals surface area contributed by atoms with E-state index >= 15 is 0 Å². The van der Waals surface area contributed by atoms with Crippen molar-refractivity contribution in [2.24, 2.45) is 0 Å².